The standard InChI is InChI=1S/C13H16N2O5S/c14-11(16)9-3-5-10(6-4-9)21(19,20)15-13(12(17)18)7-1-2-8-13/h3-6,15H,1-2,7-8H2,(H2,14,16)(H,17,18). The minimum Gasteiger partial charge on any atom is -0.480 e. The number of carboxylic acid groups (broad SMARTS) is 1. The van der Waals surface area contributed by atoms with E-state index in [1.807, 2.05) is 0 Å². The van der Waals surface area contributed by atoms with Crippen molar-refractivity contribution in [2.75, 3.05) is 0 Å². The Labute approximate surface area is 122 Å². The van der Waals surface area contributed by atoms with E-state index in [0.717, 1.165) is 0 Å². The summed E-state index contributed by atoms with van der Waals surface area (Å²) in [6.45, 7) is 0. The molecule has 0 aromatic heterocycles. The average molecular weight is 312 g/mol. The Bertz CT molecular complexity index is 660. The number of hydrogen-bond donors (Lipinski definition) is 3. The van der Waals surface area contributed by atoms with E-state index in [2.05, 4.69) is 4.72 Å². The fraction of sp³-hybridized carbons (Fsp3) is 0.385. The number of nitrogens with one attached hydrogen (secondary N) is 1. The zero-order chi connectivity index (χ0) is 15.7. The Morgan fingerprint density at radius 3 is 2.10 bits per heavy atom. The van der Waals surface area contributed by atoms with Crippen LogP contribution in [-0.4, -0.2) is 30.9 Å². The van der Waals surface area contributed by atoms with Crippen molar-refractivity contribution in [3.63, 3.8) is 0 Å². The first-order valence-corrected chi connectivity index (χ1v) is 7.92. The van der Waals surface area contributed by atoms with E-state index in [1.165, 1.54) is 24.3 Å². The summed E-state index contributed by atoms with van der Waals surface area (Å²) in [7, 11) is -3.97. The summed E-state index contributed by atoms with van der Waals surface area (Å²) in [5.74, 6) is -1.83. The number of hydrogen-bond acceptors (Lipinski definition) is 4. The van der Waals surface area contributed by atoms with Crippen LogP contribution in [0.5, 0.6) is 0 Å². The molecule has 21 heavy (non-hydrogen) atoms. The normalized spacial score (nSPS) is 17.5. The van der Waals surface area contributed by atoms with Gasteiger partial charge >= 0.3 is 5.97 Å². The maximum atomic E-state index is 12.3. The van der Waals surface area contributed by atoms with E-state index < -0.39 is 27.4 Å². The zero-order valence-electron chi connectivity index (χ0n) is 11.2. The third kappa shape index (κ3) is 3.06. The lowest BCUT2D eigenvalue weighted by atomic mass is 10.0. The first-order chi connectivity index (χ1) is 9.77. The molecule has 1 amide bonds. The second-order valence-corrected chi connectivity index (χ2v) is 6.77. The highest BCUT2D eigenvalue weighted by Gasteiger charge is 2.44. The first kappa shape index (κ1) is 15.5. The maximum Gasteiger partial charge on any atom is 0.324 e. The molecule has 0 radical (unpaired) electrons. The number of primary amides is 1. The lowest BCUT2D eigenvalue weighted by molar-refractivity contribution is -0.143. The molecule has 1 aromatic rings. The second-order valence-electron chi connectivity index (χ2n) is 5.09. The zero-order valence-corrected chi connectivity index (χ0v) is 12.0. The smallest absolute Gasteiger partial charge is 0.324 e. The lowest BCUT2D eigenvalue weighted by Crippen LogP contribution is -2.52. The van der Waals surface area contributed by atoms with Gasteiger partial charge < -0.3 is 10.8 Å². The van der Waals surface area contributed by atoms with E-state index in [1.54, 1.807) is 0 Å². The summed E-state index contributed by atoms with van der Waals surface area (Å²) >= 11 is 0. The topological polar surface area (TPSA) is 127 Å². The first-order valence-electron chi connectivity index (χ1n) is 6.44. The highest BCUT2D eigenvalue weighted by molar-refractivity contribution is 7.89. The van der Waals surface area contributed by atoms with Crippen molar-refractivity contribution >= 4 is 21.9 Å². The highest BCUT2D eigenvalue weighted by atomic mass is 32.2. The van der Waals surface area contributed by atoms with Gasteiger partial charge in [0.2, 0.25) is 15.9 Å². The van der Waals surface area contributed by atoms with Gasteiger partial charge in [0.05, 0.1) is 4.90 Å². The third-order valence-corrected chi connectivity index (χ3v) is 5.20. The summed E-state index contributed by atoms with van der Waals surface area (Å²) in [6.07, 6.45) is 1.85. The number of amides is 1. The summed E-state index contributed by atoms with van der Waals surface area (Å²) in [4.78, 5) is 22.3. The van der Waals surface area contributed by atoms with Crippen LogP contribution in [0.1, 0.15) is 36.0 Å². The van der Waals surface area contributed by atoms with Crippen molar-refractivity contribution in [2.24, 2.45) is 5.73 Å². The number of carbonyl (C=O) groups is 2. The molecule has 1 aliphatic rings. The molecule has 0 spiro atoms. The van der Waals surface area contributed by atoms with Gasteiger partial charge in [0.25, 0.3) is 0 Å². The van der Waals surface area contributed by atoms with Crippen molar-refractivity contribution in [2.45, 2.75) is 36.1 Å². The fourth-order valence-corrected chi connectivity index (χ4v) is 3.87. The van der Waals surface area contributed by atoms with E-state index in [0.29, 0.717) is 12.8 Å². The summed E-state index contributed by atoms with van der Waals surface area (Å²) < 4.78 is 26.9. The number of rotatable bonds is 5. The highest BCUT2D eigenvalue weighted by Crippen LogP contribution is 2.31. The van der Waals surface area contributed by atoms with Gasteiger partial charge in [0.15, 0.2) is 0 Å². The maximum absolute atomic E-state index is 12.3. The number of carboxylic acids is 1. The Morgan fingerprint density at radius 1 is 1.14 bits per heavy atom. The van der Waals surface area contributed by atoms with Gasteiger partial charge in [0.1, 0.15) is 5.54 Å². The van der Waals surface area contributed by atoms with E-state index in [9.17, 15) is 23.1 Å². The minimum atomic E-state index is -3.97. The van der Waals surface area contributed by atoms with Crippen molar-refractivity contribution in [3.05, 3.63) is 29.8 Å². The molecule has 0 heterocycles. The molecule has 0 unspecified atom stereocenters. The van der Waals surface area contributed by atoms with Crippen LogP contribution in [0.25, 0.3) is 0 Å². The molecule has 2 rings (SSSR count). The number of aliphatic carboxylic acids is 1. The number of carbonyl (C=O) groups excluding carboxylic acids is 1. The molecule has 0 bridgehead atoms. The van der Waals surface area contributed by atoms with Crippen LogP contribution in [0.2, 0.25) is 0 Å². The van der Waals surface area contributed by atoms with Gasteiger partial charge in [-0.2, -0.15) is 4.72 Å². The second kappa shape index (κ2) is 5.45. The molecule has 0 aliphatic heterocycles. The minimum absolute atomic E-state index is 0.0972. The molecule has 1 saturated carbocycles. The molecule has 8 heteroatoms. The van der Waals surface area contributed by atoms with Crippen LogP contribution in [-0.2, 0) is 14.8 Å². The lowest BCUT2D eigenvalue weighted by Gasteiger charge is -2.25. The van der Waals surface area contributed by atoms with Crippen LogP contribution < -0.4 is 10.5 Å². The van der Waals surface area contributed by atoms with Gasteiger partial charge in [-0.05, 0) is 37.1 Å². The van der Waals surface area contributed by atoms with E-state index in [-0.39, 0.29) is 23.3 Å². The van der Waals surface area contributed by atoms with Crippen molar-refractivity contribution in [1.29, 1.82) is 0 Å². The van der Waals surface area contributed by atoms with Crippen molar-refractivity contribution < 1.29 is 23.1 Å². The van der Waals surface area contributed by atoms with Crippen LogP contribution >= 0.6 is 0 Å². The SMILES string of the molecule is NC(=O)c1ccc(S(=O)(=O)NC2(C(=O)O)CCCC2)cc1. The van der Waals surface area contributed by atoms with Crippen LogP contribution in [0.4, 0.5) is 0 Å². The fourth-order valence-electron chi connectivity index (χ4n) is 2.45. The van der Waals surface area contributed by atoms with Crippen LogP contribution in [0, 0.1) is 0 Å². The summed E-state index contributed by atoms with van der Waals surface area (Å²) in [5.41, 5.74) is 3.82. The molecule has 7 nitrogen and oxygen atoms in total. The molecule has 114 valence electrons. The van der Waals surface area contributed by atoms with E-state index >= 15 is 0 Å². The molecule has 4 N–H and O–H groups in total. The monoisotopic (exact) mass is 312 g/mol. The molecule has 0 saturated heterocycles. The van der Waals surface area contributed by atoms with Gasteiger partial charge in [-0.25, -0.2) is 8.42 Å². The van der Waals surface area contributed by atoms with Gasteiger partial charge in [-0.3, -0.25) is 9.59 Å². The Balaban J connectivity index is 2.29. The molecule has 0 atom stereocenters. The summed E-state index contributed by atoms with van der Waals surface area (Å²) in [6, 6.07) is 5.04. The Kier molecular flexibility index (Phi) is 4.02. The van der Waals surface area contributed by atoms with Crippen molar-refractivity contribution in [3.8, 4) is 0 Å². The Morgan fingerprint density at radius 2 is 1.67 bits per heavy atom. The number of benzene rings is 1. The quantitative estimate of drug-likeness (QED) is 0.728. The third-order valence-electron chi connectivity index (χ3n) is 3.65. The molecular formula is C13H16N2O5S. The van der Waals surface area contributed by atoms with Crippen LogP contribution in [0.3, 0.4) is 0 Å². The molecule has 1 aliphatic carbocycles. The summed E-state index contributed by atoms with van der Waals surface area (Å²) in [5, 5.41) is 9.30. The molecule has 1 fully saturated rings. The largest absolute Gasteiger partial charge is 0.480 e. The Hall–Kier alpha value is -1.93. The van der Waals surface area contributed by atoms with Gasteiger partial charge in [-0.15, -0.1) is 0 Å². The van der Waals surface area contributed by atoms with Gasteiger partial charge in [-0.1, -0.05) is 12.8 Å². The molecular weight excluding hydrogens is 296 g/mol. The van der Waals surface area contributed by atoms with Crippen molar-refractivity contribution in [1.82, 2.24) is 4.72 Å². The van der Waals surface area contributed by atoms with Crippen LogP contribution in [0.15, 0.2) is 29.2 Å². The predicted molar refractivity (Wildman–Crippen MR) is 74.1 cm³/mol. The predicted octanol–water partition coefficient (Wildman–Crippen LogP) is 0.461. The van der Waals surface area contributed by atoms with E-state index in [4.69, 9.17) is 5.73 Å². The number of nitrogens with two attached hydrogens (primary N) is 1. The average Bonchev–Trinajstić information content (AvgIpc) is 2.88. The number of sulfonamides is 1. The molecule has 1 aromatic carbocycles. The van der Waals surface area contributed by atoms with Gasteiger partial charge in [0, 0.05) is 5.56 Å².